The summed E-state index contributed by atoms with van der Waals surface area (Å²) < 4.78 is 19.7. The van der Waals surface area contributed by atoms with Gasteiger partial charge in [0.25, 0.3) is 11.5 Å². The topological polar surface area (TPSA) is 73.2 Å². The zero-order valence-corrected chi connectivity index (χ0v) is 17.5. The number of anilines is 1. The summed E-state index contributed by atoms with van der Waals surface area (Å²) in [5.74, 6) is -0.759. The van der Waals surface area contributed by atoms with E-state index in [2.05, 4.69) is 10.4 Å². The van der Waals surface area contributed by atoms with Crippen molar-refractivity contribution in [3.8, 4) is 11.4 Å². The highest BCUT2D eigenvalue weighted by molar-refractivity contribution is 6.32. The molecular weight excluding hydrogens is 444 g/mol. The lowest BCUT2D eigenvalue weighted by Gasteiger charge is -2.12. The second-order valence-corrected chi connectivity index (χ2v) is 7.33. The molecule has 0 radical (unpaired) electrons. The molecule has 31 heavy (non-hydrogen) atoms. The summed E-state index contributed by atoms with van der Waals surface area (Å²) in [6.07, 6.45) is 0. The summed E-state index contributed by atoms with van der Waals surface area (Å²) in [7, 11) is 1.48. The van der Waals surface area contributed by atoms with Crippen LogP contribution < -0.4 is 15.6 Å². The Labute approximate surface area is 185 Å². The van der Waals surface area contributed by atoms with E-state index >= 15 is 0 Å². The minimum atomic E-state index is -0.604. The SMILES string of the molecule is COc1ccc(-n2nc(C(=O)Nc3ccc(F)c(Cl)c3)c3ccccc3c2=O)cc1Cl. The molecule has 0 bridgehead atoms. The highest BCUT2D eigenvalue weighted by Gasteiger charge is 2.18. The fourth-order valence-electron chi connectivity index (χ4n) is 3.08. The molecule has 0 spiro atoms. The molecule has 0 saturated carbocycles. The van der Waals surface area contributed by atoms with Crippen LogP contribution in [0.2, 0.25) is 10.0 Å². The third-order valence-corrected chi connectivity index (χ3v) is 5.16. The van der Waals surface area contributed by atoms with Crippen molar-refractivity contribution in [1.82, 2.24) is 9.78 Å². The van der Waals surface area contributed by atoms with Crippen molar-refractivity contribution < 1.29 is 13.9 Å². The smallest absolute Gasteiger partial charge is 0.279 e. The van der Waals surface area contributed by atoms with Crippen LogP contribution in [0.1, 0.15) is 10.5 Å². The van der Waals surface area contributed by atoms with Crippen molar-refractivity contribution in [1.29, 1.82) is 0 Å². The number of amides is 1. The average Bonchev–Trinajstić information content (AvgIpc) is 2.76. The van der Waals surface area contributed by atoms with Crippen molar-refractivity contribution in [2.45, 2.75) is 0 Å². The van der Waals surface area contributed by atoms with Gasteiger partial charge in [-0.1, -0.05) is 41.4 Å². The number of benzene rings is 3. The number of rotatable bonds is 4. The zero-order chi connectivity index (χ0) is 22.1. The minimum Gasteiger partial charge on any atom is -0.495 e. The third kappa shape index (κ3) is 3.97. The summed E-state index contributed by atoms with van der Waals surface area (Å²) in [5, 5.41) is 7.74. The number of hydrogen-bond acceptors (Lipinski definition) is 4. The molecule has 0 aliphatic heterocycles. The van der Waals surface area contributed by atoms with Crippen molar-refractivity contribution in [3.63, 3.8) is 0 Å². The average molecular weight is 458 g/mol. The Morgan fingerprint density at radius 2 is 1.77 bits per heavy atom. The molecule has 0 atom stereocenters. The van der Waals surface area contributed by atoms with Crippen LogP contribution in [0, 0.1) is 5.82 Å². The van der Waals surface area contributed by atoms with Gasteiger partial charge in [-0.05, 0) is 42.5 Å². The summed E-state index contributed by atoms with van der Waals surface area (Å²) >= 11 is 12.0. The van der Waals surface area contributed by atoms with Crippen LogP contribution in [0.15, 0.2) is 65.5 Å². The Morgan fingerprint density at radius 3 is 2.45 bits per heavy atom. The second kappa shape index (κ2) is 8.37. The van der Waals surface area contributed by atoms with Crippen LogP contribution in [-0.2, 0) is 0 Å². The van der Waals surface area contributed by atoms with E-state index in [-0.39, 0.29) is 21.4 Å². The van der Waals surface area contributed by atoms with Gasteiger partial charge in [-0.2, -0.15) is 9.78 Å². The monoisotopic (exact) mass is 457 g/mol. The van der Waals surface area contributed by atoms with Gasteiger partial charge in [-0.25, -0.2) is 4.39 Å². The molecule has 0 saturated heterocycles. The number of carbonyl (C=O) groups is 1. The molecule has 4 aromatic rings. The molecule has 0 fully saturated rings. The predicted octanol–water partition coefficient (Wildman–Crippen LogP) is 5.09. The summed E-state index contributed by atoms with van der Waals surface area (Å²) in [4.78, 5) is 26.1. The number of nitrogens with zero attached hydrogens (tertiary/aromatic N) is 2. The van der Waals surface area contributed by atoms with Crippen molar-refractivity contribution in [2.24, 2.45) is 0 Å². The summed E-state index contributed by atoms with van der Waals surface area (Å²) in [6.45, 7) is 0. The first kappa shape index (κ1) is 20.8. The first-order valence-electron chi connectivity index (χ1n) is 9.01. The van der Waals surface area contributed by atoms with Gasteiger partial charge in [0.15, 0.2) is 5.69 Å². The molecule has 1 heterocycles. The fourth-order valence-corrected chi connectivity index (χ4v) is 3.52. The van der Waals surface area contributed by atoms with Crippen LogP contribution >= 0.6 is 23.2 Å². The predicted molar refractivity (Wildman–Crippen MR) is 118 cm³/mol. The Balaban J connectivity index is 1.86. The van der Waals surface area contributed by atoms with E-state index in [1.54, 1.807) is 36.4 Å². The Morgan fingerprint density at radius 1 is 1.03 bits per heavy atom. The number of halogens is 3. The minimum absolute atomic E-state index is 0.00240. The Hall–Kier alpha value is -3.42. The van der Waals surface area contributed by atoms with Crippen molar-refractivity contribution in [3.05, 3.63) is 92.6 Å². The first-order valence-corrected chi connectivity index (χ1v) is 9.77. The lowest BCUT2D eigenvalue weighted by Crippen LogP contribution is -2.26. The molecule has 0 aliphatic carbocycles. The molecule has 9 heteroatoms. The van der Waals surface area contributed by atoms with Gasteiger partial charge in [-0.15, -0.1) is 0 Å². The quantitative estimate of drug-likeness (QED) is 0.462. The Bertz CT molecular complexity index is 1390. The lowest BCUT2D eigenvalue weighted by atomic mass is 10.1. The molecule has 4 rings (SSSR count). The number of nitrogens with one attached hydrogen (secondary N) is 1. The first-order chi connectivity index (χ1) is 14.9. The molecule has 6 nitrogen and oxygen atoms in total. The van der Waals surface area contributed by atoms with Gasteiger partial charge in [0.2, 0.25) is 0 Å². The summed E-state index contributed by atoms with van der Waals surface area (Å²) in [5.41, 5.74) is 0.230. The highest BCUT2D eigenvalue weighted by Crippen LogP contribution is 2.27. The van der Waals surface area contributed by atoms with E-state index in [4.69, 9.17) is 27.9 Å². The van der Waals surface area contributed by atoms with E-state index in [1.165, 1.54) is 25.3 Å². The van der Waals surface area contributed by atoms with Gasteiger partial charge in [0.1, 0.15) is 11.6 Å². The van der Waals surface area contributed by atoms with E-state index in [1.807, 2.05) is 0 Å². The third-order valence-electron chi connectivity index (χ3n) is 4.58. The van der Waals surface area contributed by atoms with Crippen LogP contribution in [0.5, 0.6) is 5.75 Å². The van der Waals surface area contributed by atoms with Crippen LogP contribution in [-0.4, -0.2) is 22.8 Å². The number of carbonyl (C=O) groups excluding carboxylic acids is 1. The van der Waals surface area contributed by atoms with Crippen LogP contribution in [0.25, 0.3) is 16.5 Å². The van der Waals surface area contributed by atoms with Crippen LogP contribution in [0.4, 0.5) is 10.1 Å². The zero-order valence-electron chi connectivity index (χ0n) is 16.0. The molecular formula is C22H14Cl2FN3O3. The van der Waals surface area contributed by atoms with E-state index in [9.17, 15) is 14.0 Å². The van der Waals surface area contributed by atoms with Crippen molar-refractivity contribution >= 4 is 45.6 Å². The largest absolute Gasteiger partial charge is 0.495 e. The lowest BCUT2D eigenvalue weighted by molar-refractivity contribution is 0.102. The van der Waals surface area contributed by atoms with Crippen LogP contribution in [0.3, 0.4) is 0 Å². The molecule has 0 aliphatic rings. The normalized spacial score (nSPS) is 10.8. The molecule has 1 amide bonds. The fraction of sp³-hybridized carbons (Fsp3) is 0.0455. The molecule has 0 unspecified atom stereocenters. The molecule has 1 aromatic heterocycles. The number of methoxy groups -OCH3 is 1. The summed E-state index contributed by atoms with van der Waals surface area (Å²) in [6, 6.07) is 15.1. The molecule has 156 valence electrons. The molecule has 3 aromatic carbocycles. The number of aromatic nitrogens is 2. The van der Waals surface area contributed by atoms with Gasteiger partial charge in [-0.3, -0.25) is 9.59 Å². The maximum Gasteiger partial charge on any atom is 0.279 e. The van der Waals surface area contributed by atoms with Gasteiger partial charge in [0, 0.05) is 11.1 Å². The van der Waals surface area contributed by atoms with E-state index < -0.39 is 17.3 Å². The van der Waals surface area contributed by atoms with Gasteiger partial charge >= 0.3 is 0 Å². The highest BCUT2D eigenvalue weighted by atomic mass is 35.5. The Kier molecular flexibility index (Phi) is 5.63. The maximum absolute atomic E-state index is 13.4. The van der Waals surface area contributed by atoms with Gasteiger partial charge in [0.05, 0.1) is 28.2 Å². The van der Waals surface area contributed by atoms with Gasteiger partial charge < -0.3 is 10.1 Å². The molecule has 1 N–H and O–H groups in total. The van der Waals surface area contributed by atoms with E-state index in [0.717, 1.165) is 10.7 Å². The van der Waals surface area contributed by atoms with E-state index in [0.29, 0.717) is 22.2 Å². The second-order valence-electron chi connectivity index (χ2n) is 6.51. The number of ether oxygens (including phenoxy) is 1. The maximum atomic E-state index is 13.4. The van der Waals surface area contributed by atoms with Crippen molar-refractivity contribution in [2.75, 3.05) is 12.4 Å². The number of hydrogen-bond donors (Lipinski definition) is 1. The number of fused-ring (bicyclic) bond motifs is 1. The standard InChI is InChI=1S/C22H14Cl2FN3O3/c1-31-19-9-7-13(11-17(19)24)28-22(30)15-5-3-2-4-14(15)20(27-28)21(29)26-12-6-8-18(25)16(23)10-12/h2-11H,1H3,(H,26,29).